The molecule has 2 aromatic carbocycles. The van der Waals surface area contributed by atoms with Crippen LogP contribution in [-0.4, -0.2) is 35.9 Å². The third-order valence-electron chi connectivity index (χ3n) is 5.11. The lowest BCUT2D eigenvalue weighted by Crippen LogP contribution is -2.28. The molecule has 1 aromatic heterocycles. The maximum absolute atomic E-state index is 12.6. The first kappa shape index (κ1) is 21.9. The molecule has 0 bridgehead atoms. The molecular weight excluding hydrogens is 448 g/mol. The number of nitrogens with one attached hydrogen (secondary N) is 2. The van der Waals surface area contributed by atoms with E-state index in [2.05, 4.69) is 15.6 Å². The minimum atomic E-state index is -3.38. The monoisotopic (exact) mass is 472 g/mol. The second-order valence-electron chi connectivity index (χ2n) is 7.40. The average Bonchev–Trinajstić information content (AvgIpc) is 3.45. The van der Waals surface area contributed by atoms with E-state index in [4.69, 9.17) is 12.2 Å². The predicted octanol–water partition coefficient (Wildman–Crippen LogP) is 4.39. The van der Waals surface area contributed by atoms with Crippen molar-refractivity contribution in [1.82, 2.24) is 14.6 Å². The van der Waals surface area contributed by atoms with Crippen molar-refractivity contribution in [1.29, 1.82) is 0 Å². The van der Waals surface area contributed by atoms with Crippen LogP contribution in [0, 0.1) is 6.92 Å². The molecule has 1 aliphatic rings. The SMILES string of the molecule is Cc1nc(-c2cccc(NC(=S)NCc3ccc(S(=O)(=O)N4CCCC4)cc3)c2)cs1. The van der Waals surface area contributed by atoms with Gasteiger partial charge in [0.05, 0.1) is 15.6 Å². The van der Waals surface area contributed by atoms with Crippen LogP contribution in [0.15, 0.2) is 58.8 Å². The zero-order valence-corrected chi connectivity index (χ0v) is 19.6. The fourth-order valence-electron chi connectivity index (χ4n) is 3.47. The molecule has 0 saturated carbocycles. The number of rotatable bonds is 6. The lowest BCUT2D eigenvalue weighted by Gasteiger charge is -2.16. The maximum Gasteiger partial charge on any atom is 0.243 e. The first-order chi connectivity index (χ1) is 14.9. The quantitative estimate of drug-likeness (QED) is 0.519. The first-order valence-electron chi connectivity index (χ1n) is 10.1. The highest BCUT2D eigenvalue weighted by atomic mass is 32.2. The predicted molar refractivity (Wildman–Crippen MR) is 130 cm³/mol. The summed E-state index contributed by atoms with van der Waals surface area (Å²) in [6.07, 6.45) is 1.86. The van der Waals surface area contributed by atoms with E-state index >= 15 is 0 Å². The molecule has 0 atom stereocenters. The minimum Gasteiger partial charge on any atom is -0.358 e. The number of benzene rings is 2. The molecule has 6 nitrogen and oxygen atoms in total. The van der Waals surface area contributed by atoms with Crippen molar-refractivity contribution < 1.29 is 8.42 Å². The van der Waals surface area contributed by atoms with E-state index in [0.717, 1.165) is 40.4 Å². The van der Waals surface area contributed by atoms with Gasteiger partial charge in [0.25, 0.3) is 0 Å². The fourth-order valence-corrected chi connectivity index (χ4v) is 5.80. The van der Waals surface area contributed by atoms with E-state index in [9.17, 15) is 8.42 Å². The van der Waals surface area contributed by atoms with Gasteiger partial charge in [-0.25, -0.2) is 13.4 Å². The zero-order chi connectivity index (χ0) is 21.8. The summed E-state index contributed by atoms with van der Waals surface area (Å²) in [6.45, 7) is 3.70. The van der Waals surface area contributed by atoms with Crippen molar-refractivity contribution in [2.75, 3.05) is 18.4 Å². The van der Waals surface area contributed by atoms with Crippen molar-refractivity contribution in [3.05, 3.63) is 64.5 Å². The van der Waals surface area contributed by atoms with Gasteiger partial charge in [-0.2, -0.15) is 4.31 Å². The van der Waals surface area contributed by atoms with Crippen LogP contribution in [0.4, 0.5) is 5.69 Å². The normalized spacial score (nSPS) is 14.5. The highest BCUT2D eigenvalue weighted by molar-refractivity contribution is 7.89. The molecular formula is C22H24N4O2S3. The molecule has 162 valence electrons. The molecule has 2 heterocycles. The molecule has 3 aromatic rings. The van der Waals surface area contributed by atoms with E-state index in [0.29, 0.717) is 29.6 Å². The first-order valence-corrected chi connectivity index (χ1v) is 12.8. The number of thiazole rings is 1. The largest absolute Gasteiger partial charge is 0.358 e. The van der Waals surface area contributed by atoms with Crippen LogP contribution >= 0.6 is 23.6 Å². The molecule has 1 saturated heterocycles. The molecule has 9 heteroatoms. The number of hydrogen-bond acceptors (Lipinski definition) is 5. The van der Waals surface area contributed by atoms with Crippen LogP contribution < -0.4 is 10.6 Å². The average molecular weight is 473 g/mol. The summed E-state index contributed by atoms with van der Waals surface area (Å²) in [4.78, 5) is 4.86. The summed E-state index contributed by atoms with van der Waals surface area (Å²) in [5.41, 5.74) is 3.82. The highest BCUT2D eigenvalue weighted by Gasteiger charge is 2.26. The Bertz CT molecular complexity index is 1170. The van der Waals surface area contributed by atoms with Gasteiger partial charge in [0.2, 0.25) is 10.0 Å². The summed E-state index contributed by atoms with van der Waals surface area (Å²) < 4.78 is 26.8. The molecule has 1 aliphatic heterocycles. The zero-order valence-electron chi connectivity index (χ0n) is 17.2. The van der Waals surface area contributed by atoms with Crippen LogP contribution in [0.25, 0.3) is 11.3 Å². The Kier molecular flexibility index (Phi) is 6.66. The summed E-state index contributed by atoms with van der Waals surface area (Å²) in [5.74, 6) is 0. The van der Waals surface area contributed by atoms with Crippen LogP contribution in [-0.2, 0) is 16.6 Å². The Morgan fingerprint density at radius 2 is 1.90 bits per heavy atom. The fraction of sp³-hybridized carbons (Fsp3) is 0.273. The van der Waals surface area contributed by atoms with Crippen molar-refractivity contribution in [3.63, 3.8) is 0 Å². The topological polar surface area (TPSA) is 74.3 Å². The Labute approximate surface area is 192 Å². The number of sulfonamides is 1. The standard InChI is InChI=1S/C22H24N4O2S3/c1-16-24-21(15-30-16)18-5-4-6-19(13-18)25-22(29)23-14-17-7-9-20(10-8-17)31(27,28)26-11-2-3-12-26/h4-10,13,15H,2-3,11-12,14H2,1H3,(H2,23,25,29). The maximum atomic E-state index is 12.6. The lowest BCUT2D eigenvalue weighted by molar-refractivity contribution is 0.477. The third kappa shape index (κ3) is 5.30. The minimum absolute atomic E-state index is 0.341. The van der Waals surface area contributed by atoms with Gasteiger partial charge < -0.3 is 10.6 Å². The molecule has 31 heavy (non-hydrogen) atoms. The van der Waals surface area contributed by atoms with Crippen LogP contribution in [0.1, 0.15) is 23.4 Å². The van der Waals surface area contributed by atoms with Gasteiger partial charge in [-0.15, -0.1) is 11.3 Å². The number of anilines is 1. The van der Waals surface area contributed by atoms with Gasteiger partial charge in [-0.1, -0.05) is 24.3 Å². The van der Waals surface area contributed by atoms with Crippen molar-refractivity contribution in [2.24, 2.45) is 0 Å². The summed E-state index contributed by atoms with van der Waals surface area (Å²) in [5, 5.41) is 9.94. The number of nitrogens with zero attached hydrogens (tertiary/aromatic N) is 2. The highest BCUT2D eigenvalue weighted by Crippen LogP contribution is 2.24. The molecule has 2 N–H and O–H groups in total. The summed E-state index contributed by atoms with van der Waals surface area (Å²) in [7, 11) is -3.38. The van der Waals surface area contributed by atoms with Gasteiger partial charge in [0.1, 0.15) is 0 Å². The Hall–Kier alpha value is -2.33. The van der Waals surface area contributed by atoms with E-state index in [1.807, 2.05) is 48.7 Å². The molecule has 1 fully saturated rings. The smallest absolute Gasteiger partial charge is 0.243 e. The lowest BCUT2D eigenvalue weighted by atomic mass is 10.1. The molecule has 0 amide bonds. The molecule has 0 spiro atoms. The van der Waals surface area contributed by atoms with Gasteiger partial charge in [-0.3, -0.25) is 0 Å². The summed E-state index contributed by atoms with van der Waals surface area (Å²) in [6, 6.07) is 14.9. The van der Waals surface area contributed by atoms with E-state index in [1.54, 1.807) is 27.8 Å². The molecule has 0 aliphatic carbocycles. The second kappa shape index (κ2) is 9.44. The number of hydrogen-bond donors (Lipinski definition) is 2. The Morgan fingerprint density at radius 1 is 1.16 bits per heavy atom. The van der Waals surface area contributed by atoms with Gasteiger partial charge in [-0.05, 0) is 61.8 Å². The van der Waals surface area contributed by atoms with Gasteiger partial charge >= 0.3 is 0 Å². The van der Waals surface area contributed by atoms with Crippen LogP contribution in [0.5, 0.6) is 0 Å². The van der Waals surface area contributed by atoms with E-state index < -0.39 is 10.0 Å². The molecule has 0 unspecified atom stereocenters. The number of aromatic nitrogens is 1. The van der Waals surface area contributed by atoms with Gasteiger partial charge in [0, 0.05) is 36.3 Å². The van der Waals surface area contributed by atoms with Crippen molar-refractivity contribution >= 4 is 44.4 Å². The van der Waals surface area contributed by atoms with Gasteiger partial charge in [0.15, 0.2) is 5.11 Å². The Morgan fingerprint density at radius 3 is 2.58 bits per heavy atom. The number of aryl methyl sites for hydroxylation is 1. The molecule has 4 rings (SSSR count). The number of thiocarbonyl (C=S) groups is 1. The van der Waals surface area contributed by atoms with E-state index in [-0.39, 0.29) is 0 Å². The van der Waals surface area contributed by atoms with Crippen LogP contribution in [0.3, 0.4) is 0 Å². The van der Waals surface area contributed by atoms with Crippen LogP contribution in [0.2, 0.25) is 0 Å². The molecule has 0 radical (unpaired) electrons. The second-order valence-corrected chi connectivity index (χ2v) is 10.8. The Balaban J connectivity index is 1.34. The third-order valence-corrected chi connectivity index (χ3v) is 8.05. The van der Waals surface area contributed by atoms with E-state index in [1.165, 1.54) is 0 Å². The summed E-state index contributed by atoms with van der Waals surface area (Å²) >= 11 is 7.04. The van der Waals surface area contributed by atoms with Crippen molar-refractivity contribution in [3.8, 4) is 11.3 Å². The van der Waals surface area contributed by atoms with Crippen molar-refractivity contribution in [2.45, 2.75) is 31.2 Å².